The van der Waals surface area contributed by atoms with E-state index < -0.39 is 0 Å². The molecule has 2 aromatic rings. The van der Waals surface area contributed by atoms with Crippen molar-refractivity contribution in [2.75, 3.05) is 6.61 Å². The summed E-state index contributed by atoms with van der Waals surface area (Å²) in [6.45, 7) is 5.32. The number of rotatable bonds is 6. The first-order valence-electron chi connectivity index (χ1n) is 11.6. The average Bonchev–Trinajstić information content (AvgIpc) is 2.77. The second-order valence-electron chi connectivity index (χ2n) is 9.01. The van der Waals surface area contributed by atoms with Crippen LogP contribution in [0.15, 0.2) is 42.5 Å². The Kier molecular flexibility index (Phi) is 6.40. The van der Waals surface area contributed by atoms with Crippen molar-refractivity contribution >= 4 is 0 Å². The summed E-state index contributed by atoms with van der Waals surface area (Å²) in [4.78, 5) is 0. The van der Waals surface area contributed by atoms with Gasteiger partial charge in [-0.25, -0.2) is 0 Å². The van der Waals surface area contributed by atoms with E-state index in [0.29, 0.717) is 5.92 Å². The molecule has 0 radical (unpaired) electrons. The molecule has 0 N–H and O–H groups in total. The van der Waals surface area contributed by atoms with Crippen LogP contribution in [0.2, 0.25) is 0 Å². The van der Waals surface area contributed by atoms with Gasteiger partial charge in [-0.15, -0.1) is 0 Å². The highest BCUT2D eigenvalue weighted by Crippen LogP contribution is 2.38. The first-order chi connectivity index (χ1) is 13.8. The Morgan fingerprint density at radius 2 is 1.50 bits per heavy atom. The lowest BCUT2D eigenvalue weighted by atomic mass is 9.76. The summed E-state index contributed by atoms with van der Waals surface area (Å²) in [5, 5.41) is 0. The van der Waals surface area contributed by atoms with Gasteiger partial charge in [-0.1, -0.05) is 50.6 Å². The zero-order valence-corrected chi connectivity index (χ0v) is 17.8. The van der Waals surface area contributed by atoms with Crippen LogP contribution in [0.4, 0.5) is 0 Å². The molecule has 1 fully saturated rings. The normalized spacial score (nSPS) is 24.6. The number of fused-ring (bicyclic) bond motifs is 1. The summed E-state index contributed by atoms with van der Waals surface area (Å²) in [5.74, 6) is 3.48. The second kappa shape index (κ2) is 9.16. The van der Waals surface area contributed by atoms with Crippen LogP contribution >= 0.6 is 0 Å². The van der Waals surface area contributed by atoms with Gasteiger partial charge in [0.25, 0.3) is 0 Å². The Morgan fingerprint density at radius 3 is 2.18 bits per heavy atom. The molecular formula is C27H36O. The smallest absolute Gasteiger partial charge is 0.119 e. The highest BCUT2D eigenvalue weighted by Gasteiger charge is 2.23. The van der Waals surface area contributed by atoms with E-state index in [1.165, 1.54) is 68.1 Å². The van der Waals surface area contributed by atoms with E-state index in [-0.39, 0.29) is 0 Å². The predicted octanol–water partition coefficient (Wildman–Crippen LogP) is 7.43. The van der Waals surface area contributed by atoms with E-state index in [9.17, 15) is 0 Å². The van der Waals surface area contributed by atoms with E-state index in [1.807, 2.05) is 0 Å². The zero-order valence-electron chi connectivity index (χ0n) is 17.8. The van der Waals surface area contributed by atoms with E-state index in [1.54, 1.807) is 5.56 Å². The van der Waals surface area contributed by atoms with Crippen LogP contribution in [0.1, 0.15) is 92.9 Å². The Labute approximate surface area is 171 Å². The molecule has 1 saturated carbocycles. The third-order valence-corrected chi connectivity index (χ3v) is 7.18. The fraction of sp³-hybridized carbons (Fsp3) is 0.556. The molecule has 0 amide bonds. The molecule has 2 aliphatic carbocycles. The molecule has 0 spiro atoms. The van der Waals surface area contributed by atoms with E-state index in [2.05, 4.69) is 56.3 Å². The van der Waals surface area contributed by atoms with Crippen molar-refractivity contribution in [2.45, 2.75) is 83.5 Å². The van der Waals surface area contributed by atoms with Crippen molar-refractivity contribution in [2.24, 2.45) is 5.92 Å². The molecule has 1 atom stereocenters. The predicted molar refractivity (Wildman–Crippen MR) is 118 cm³/mol. The van der Waals surface area contributed by atoms with Gasteiger partial charge in [0.15, 0.2) is 0 Å². The molecule has 2 aromatic carbocycles. The topological polar surface area (TPSA) is 9.23 Å². The molecule has 0 bridgehead atoms. The highest BCUT2D eigenvalue weighted by molar-refractivity contribution is 5.40. The number of hydrogen-bond donors (Lipinski definition) is 0. The fourth-order valence-electron chi connectivity index (χ4n) is 5.27. The molecule has 0 heterocycles. The summed E-state index contributed by atoms with van der Waals surface area (Å²) in [7, 11) is 0. The monoisotopic (exact) mass is 376 g/mol. The van der Waals surface area contributed by atoms with E-state index in [4.69, 9.17) is 4.74 Å². The van der Waals surface area contributed by atoms with Crippen LogP contribution in [0.3, 0.4) is 0 Å². The maximum atomic E-state index is 5.82. The Hall–Kier alpha value is -1.76. The molecule has 2 aliphatic rings. The molecule has 1 nitrogen and oxygen atoms in total. The van der Waals surface area contributed by atoms with Crippen LogP contribution in [-0.4, -0.2) is 6.61 Å². The summed E-state index contributed by atoms with van der Waals surface area (Å²) < 4.78 is 5.82. The summed E-state index contributed by atoms with van der Waals surface area (Å²) in [5.41, 5.74) is 6.12. The summed E-state index contributed by atoms with van der Waals surface area (Å²) in [6.07, 6.45) is 11.6. The van der Waals surface area contributed by atoms with Crippen molar-refractivity contribution < 1.29 is 4.74 Å². The van der Waals surface area contributed by atoms with E-state index >= 15 is 0 Å². The number of hydrogen-bond acceptors (Lipinski definition) is 1. The Morgan fingerprint density at radius 1 is 0.786 bits per heavy atom. The molecule has 0 aromatic heterocycles. The van der Waals surface area contributed by atoms with Crippen molar-refractivity contribution in [3.05, 3.63) is 64.7 Å². The average molecular weight is 377 g/mol. The van der Waals surface area contributed by atoms with Gasteiger partial charge in [-0.2, -0.15) is 0 Å². The minimum Gasteiger partial charge on any atom is -0.494 e. The lowest BCUT2D eigenvalue weighted by Gasteiger charge is -2.29. The van der Waals surface area contributed by atoms with Gasteiger partial charge in [-0.05, 0) is 104 Å². The van der Waals surface area contributed by atoms with Gasteiger partial charge in [0.1, 0.15) is 5.75 Å². The van der Waals surface area contributed by atoms with Crippen molar-refractivity contribution in [3.8, 4) is 5.75 Å². The molecule has 1 unspecified atom stereocenters. The number of benzene rings is 2. The molecule has 0 saturated heterocycles. The van der Waals surface area contributed by atoms with Crippen molar-refractivity contribution in [3.63, 3.8) is 0 Å². The number of aryl methyl sites for hydroxylation is 1. The minimum absolute atomic E-state index is 0.666. The quantitative estimate of drug-likeness (QED) is 0.509. The maximum Gasteiger partial charge on any atom is 0.119 e. The third kappa shape index (κ3) is 4.45. The first-order valence-corrected chi connectivity index (χ1v) is 11.6. The fourth-order valence-corrected chi connectivity index (χ4v) is 5.27. The molecule has 0 aliphatic heterocycles. The standard InChI is InChI=1S/C27H36O/c1-3-17-28-27-16-15-25-18-24(13-14-26(25)19-27)23-11-9-22(10-12-23)21-7-5-20(4-2)6-8-21/h9-12,15-16,19-21,24H,3-8,13-14,17-18H2,1-2H3. The van der Waals surface area contributed by atoms with Gasteiger partial charge in [-0.3, -0.25) is 0 Å². The van der Waals surface area contributed by atoms with Crippen LogP contribution < -0.4 is 4.74 Å². The Bertz CT molecular complexity index is 752. The van der Waals surface area contributed by atoms with Gasteiger partial charge in [0.2, 0.25) is 0 Å². The SMILES string of the molecule is CCCOc1ccc2c(c1)CCC(c1ccc(C3CCC(CC)CC3)cc1)C2. The first kappa shape index (κ1) is 19.6. The highest BCUT2D eigenvalue weighted by atomic mass is 16.5. The number of ether oxygens (including phenoxy) is 1. The van der Waals surface area contributed by atoms with Crippen molar-refractivity contribution in [1.82, 2.24) is 0 Å². The third-order valence-electron chi connectivity index (χ3n) is 7.18. The lowest BCUT2D eigenvalue weighted by Crippen LogP contribution is -2.14. The Balaban J connectivity index is 1.39. The van der Waals surface area contributed by atoms with Gasteiger partial charge in [0, 0.05) is 0 Å². The maximum absolute atomic E-state index is 5.82. The van der Waals surface area contributed by atoms with Crippen LogP contribution in [-0.2, 0) is 12.8 Å². The largest absolute Gasteiger partial charge is 0.494 e. The van der Waals surface area contributed by atoms with Gasteiger partial charge in [0.05, 0.1) is 6.61 Å². The van der Waals surface area contributed by atoms with Gasteiger partial charge < -0.3 is 4.74 Å². The van der Waals surface area contributed by atoms with Gasteiger partial charge >= 0.3 is 0 Å². The van der Waals surface area contributed by atoms with Crippen LogP contribution in [0.25, 0.3) is 0 Å². The second-order valence-corrected chi connectivity index (χ2v) is 9.01. The van der Waals surface area contributed by atoms with Crippen LogP contribution in [0.5, 0.6) is 5.75 Å². The molecule has 1 heteroatoms. The zero-order chi connectivity index (χ0) is 19.3. The van der Waals surface area contributed by atoms with E-state index in [0.717, 1.165) is 30.6 Å². The summed E-state index contributed by atoms with van der Waals surface area (Å²) in [6, 6.07) is 16.5. The molecule has 4 rings (SSSR count). The van der Waals surface area contributed by atoms with Crippen molar-refractivity contribution in [1.29, 1.82) is 0 Å². The molecular weight excluding hydrogens is 340 g/mol. The lowest BCUT2D eigenvalue weighted by molar-refractivity contribution is 0.316. The summed E-state index contributed by atoms with van der Waals surface area (Å²) >= 11 is 0. The minimum atomic E-state index is 0.666. The molecule has 28 heavy (non-hydrogen) atoms. The molecule has 150 valence electrons. The van der Waals surface area contributed by atoms with Crippen LogP contribution in [0, 0.1) is 5.92 Å².